The summed E-state index contributed by atoms with van der Waals surface area (Å²) in [4.78, 5) is 2.14. The van der Waals surface area contributed by atoms with E-state index in [9.17, 15) is 13.2 Å². The lowest BCUT2D eigenvalue weighted by Gasteiger charge is -2.30. The lowest BCUT2D eigenvalue weighted by atomic mass is 9.93. The first-order chi connectivity index (χ1) is 14.1. The van der Waals surface area contributed by atoms with E-state index in [1.165, 1.54) is 6.07 Å². The molecule has 2 fully saturated rings. The molecule has 0 bridgehead atoms. The predicted octanol–water partition coefficient (Wildman–Crippen LogP) is 6.41. The third-order valence-corrected chi connectivity index (χ3v) is 7.14. The minimum absolute atomic E-state index is 0.0106. The van der Waals surface area contributed by atoms with E-state index < -0.39 is 11.9 Å². The van der Waals surface area contributed by atoms with Crippen molar-refractivity contribution in [2.75, 3.05) is 6.54 Å². The Bertz CT molecular complexity index is 981. The molecule has 30 heavy (non-hydrogen) atoms. The van der Waals surface area contributed by atoms with E-state index in [4.69, 9.17) is 11.6 Å². The minimum atomic E-state index is -4.43. The van der Waals surface area contributed by atoms with Crippen molar-refractivity contribution in [3.63, 3.8) is 0 Å². The summed E-state index contributed by atoms with van der Waals surface area (Å²) in [6.45, 7) is 6.99. The highest BCUT2D eigenvalue weighted by molar-refractivity contribution is 7.20. The van der Waals surface area contributed by atoms with Crippen LogP contribution >= 0.6 is 20.5 Å². The lowest BCUT2D eigenvalue weighted by molar-refractivity contribution is -0.143. The average molecular weight is 456 g/mol. The van der Waals surface area contributed by atoms with E-state index in [0.29, 0.717) is 17.0 Å². The molecule has 0 amide bonds. The Balaban J connectivity index is 1.64. The number of nitrogens with zero attached hydrogens (tertiary/aromatic N) is 3. The second-order valence-corrected chi connectivity index (χ2v) is 9.68. The van der Waals surface area contributed by atoms with Crippen molar-refractivity contribution >= 4 is 25.9 Å². The highest BCUT2D eigenvalue weighted by Gasteiger charge is 2.40. The summed E-state index contributed by atoms with van der Waals surface area (Å²) < 4.78 is 41.9. The molecule has 0 radical (unpaired) electrons. The van der Waals surface area contributed by atoms with E-state index in [1.807, 2.05) is 19.9 Å². The number of benzene rings is 1. The first-order valence-electron chi connectivity index (χ1n) is 10.3. The Hall–Kier alpha value is -1.36. The normalized spacial score (nSPS) is 22.6. The third-order valence-electron chi connectivity index (χ3n) is 6.18. The van der Waals surface area contributed by atoms with Crippen LogP contribution in [0.15, 0.2) is 18.2 Å². The monoisotopic (exact) mass is 455 g/mol. The van der Waals surface area contributed by atoms with Gasteiger partial charge in [0.1, 0.15) is 5.69 Å². The average Bonchev–Trinajstić information content (AvgIpc) is 3.29. The molecule has 2 aliphatic rings. The van der Waals surface area contributed by atoms with Gasteiger partial charge in [-0.25, -0.2) is 0 Å². The first kappa shape index (κ1) is 21.9. The maximum atomic E-state index is 13.6. The van der Waals surface area contributed by atoms with Gasteiger partial charge >= 0.3 is 6.18 Å². The van der Waals surface area contributed by atoms with Gasteiger partial charge in [-0.15, -0.1) is 8.86 Å². The van der Waals surface area contributed by atoms with Crippen LogP contribution in [0.1, 0.15) is 66.2 Å². The lowest BCUT2D eigenvalue weighted by Crippen LogP contribution is -2.34. The Morgan fingerprint density at radius 2 is 1.90 bits per heavy atom. The number of alkyl halides is 3. The molecule has 2 unspecified atom stereocenters. The molecule has 1 saturated heterocycles. The molecule has 0 spiro atoms. The maximum absolute atomic E-state index is 13.6. The zero-order valence-corrected chi connectivity index (χ0v) is 19.1. The molecule has 8 heteroatoms. The zero-order chi connectivity index (χ0) is 21.8. The second kappa shape index (κ2) is 7.96. The quantitative estimate of drug-likeness (QED) is 0.486. The molecular formula is C22H26ClF3N3P. The number of hydrogen-bond acceptors (Lipinski definition) is 1. The summed E-state index contributed by atoms with van der Waals surface area (Å²) in [5.74, 6) is 0.496. The number of halogens is 4. The Labute approximate surface area is 182 Å². The van der Waals surface area contributed by atoms with Gasteiger partial charge in [0, 0.05) is 28.9 Å². The summed E-state index contributed by atoms with van der Waals surface area (Å²) in [5, 5.41) is 5.04. The van der Waals surface area contributed by atoms with Gasteiger partial charge in [-0.1, -0.05) is 36.2 Å². The Morgan fingerprint density at radius 3 is 2.53 bits per heavy atom. The molecule has 0 N–H and O–H groups in total. The third kappa shape index (κ3) is 4.19. The molecule has 2 atom stereocenters. The van der Waals surface area contributed by atoms with Crippen molar-refractivity contribution in [3.05, 3.63) is 51.3 Å². The van der Waals surface area contributed by atoms with Gasteiger partial charge in [-0.3, -0.25) is 9.58 Å². The number of hydrogen-bond donors (Lipinski definition) is 0. The summed E-state index contributed by atoms with van der Waals surface area (Å²) in [6.07, 6.45) is -1.66. The van der Waals surface area contributed by atoms with Crippen LogP contribution in [0.5, 0.6) is 0 Å². The molecule has 162 valence electrons. The van der Waals surface area contributed by atoms with Crippen LogP contribution in [0.2, 0.25) is 5.02 Å². The highest BCUT2D eigenvalue weighted by Crippen LogP contribution is 2.43. The fourth-order valence-corrected chi connectivity index (χ4v) is 5.14. The van der Waals surface area contributed by atoms with Crippen molar-refractivity contribution in [1.29, 1.82) is 0 Å². The van der Waals surface area contributed by atoms with Crippen molar-refractivity contribution in [3.8, 4) is 0 Å². The van der Waals surface area contributed by atoms with Gasteiger partial charge < -0.3 is 0 Å². The summed E-state index contributed by atoms with van der Waals surface area (Å²) in [5.41, 5.74) is 3.73. The van der Waals surface area contributed by atoms with Gasteiger partial charge in [0.25, 0.3) is 0 Å². The summed E-state index contributed by atoms with van der Waals surface area (Å²) in [7, 11) is 3.66. The van der Waals surface area contributed by atoms with Crippen LogP contribution < -0.4 is 0 Å². The number of rotatable bonds is 5. The minimum Gasteiger partial charge on any atom is -0.266 e. The van der Waals surface area contributed by atoms with Gasteiger partial charge in [-0.2, -0.15) is 18.3 Å². The molecule has 1 aromatic heterocycles. The smallest absolute Gasteiger partial charge is 0.266 e. The van der Waals surface area contributed by atoms with E-state index in [-0.39, 0.29) is 18.5 Å². The fraction of sp³-hybridized carbons (Fsp3) is 0.545. The van der Waals surface area contributed by atoms with Crippen molar-refractivity contribution in [2.45, 2.75) is 64.7 Å². The predicted molar refractivity (Wildman–Crippen MR) is 117 cm³/mol. The molecule has 2 aromatic rings. The summed E-state index contributed by atoms with van der Waals surface area (Å²) in [6, 6.07) is 5.36. The largest absolute Gasteiger partial charge is 0.433 e. The highest BCUT2D eigenvalue weighted by atomic mass is 35.5. The van der Waals surface area contributed by atoms with Gasteiger partial charge in [0.15, 0.2) is 0 Å². The molecular weight excluding hydrogens is 430 g/mol. The molecule has 1 aliphatic carbocycles. The molecule has 1 aliphatic heterocycles. The zero-order valence-electron chi connectivity index (χ0n) is 17.4. The van der Waals surface area contributed by atoms with E-state index >= 15 is 0 Å². The van der Waals surface area contributed by atoms with E-state index in [1.54, 1.807) is 0 Å². The standard InChI is InChI=1S/C22H26ClF3N3P/c1-12-8-14(3)20(23)16(9-12)21-13(2)6-7-28(21)19(30)11-29-18(22(24,25)26)10-17(27-29)15-4-5-15/h8-10,13,15,21,30H,4-7,11H2,1-3H3. The molecule has 1 aromatic carbocycles. The fourth-order valence-electron chi connectivity index (χ4n) is 4.52. The van der Waals surface area contributed by atoms with Gasteiger partial charge in [0.05, 0.1) is 12.2 Å². The van der Waals surface area contributed by atoms with Crippen LogP contribution in [0.4, 0.5) is 13.2 Å². The first-order valence-corrected chi connectivity index (χ1v) is 11.2. The summed E-state index contributed by atoms with van der Waals surface area (Å²) >= 11 is 6.65. The van der Waals surface area contributed by atoms with Crippen LogP contribution in [0.3, 0.4) is 0 Å². The van der Waals surface area contributed by atoms with Crippen LogP contribution in [0, 0.1) is 19.8 Å². The SMILES string of the molecule is Cc1cc(C)c(Cl)c(C2C(C)CCN2C(=P)Cn2nc(C3CC3)cc2C(F)(F)F)c1. The van der Waals surface area contributed by atoms with Crippen molar-refractivity contribution in [2.24, 2.45) is 5.92 Å². The van der Waals surface area contributed by atoms with Crippen LogP contribution in [0.25, 0.3) is 0 Å². The van der Waals surface area contributed by atoms with Crippen molar-refractivity contribution in [1.82, 2.24) is 14.7 Å². The van der Waals surface area contributed by atoms with Crippen LogP contribution in [-0.2, 0) is 12.7 Å². The van der Waals surface area contributed by atoms with Gasteiger partial charge in [0.2, 0.25) is 0 Å². The Kier molecular flexibility index (Phi) is 5.80. The molecule has 1 saturated carbocycles. The van der Waals surface area contributed by atoms with Crippen molar-refractivity contribution < 1.29 is 13.2 Å². The molecule has 2 heterocycles. The topological polar surface area (TPSA) is 21.1 Å². The number of aryl methyl sites for hydroxylation is 2. The second-order valence-electron chi connectivity index (χ2n) is 8.72. The molecule has 3 nitrogen and oxygen atoms in total. The van der Waals surface area contributed by atoms with E-state index in [2.05, 4.69) is 31.9 Å². The maximum Gasteiger partial charge on any atom is 0.433 e. The Morgan fingerprint density at radius 1 is 1.20 bits per heavy atom. The van der Waals surface area contributed by atoms with E-state index in [0.717, 1.165) is 52.2 Å². The number of aromatic nitrogens is 2. The van der Waals surface area contributed by atoms with Crippen LogP contribution in [-0.4, -0.2) is 26.6 Å². The molecule has 4 rings (SSSR count). The number of likely N-dealkylation sites (tertiary alicyclic amines) is 1. The van der Waals surface area contributed by atoms with Gasteiger partial charge in [-0.05, 0) is 56.2 Å².